The number of ether oxygens (including phenoxy) is 1. The van der Waals surface area contributed by atoms with Crippen molar-refractivity contribution in [3.63, 3.8) is 0 Å². The van der Waals surface area contributed by atoms with Crippen molar-refractivity contribution in [3.05, 3.63) is 33.8 Å². The molecule has 104 valence electrons. The lowest BCUT2D eigenvalue weighted by molar-refractivity contribution is -0.143. The van der Waals surface area contributed by atoms with Crippen molar-refractivity contribution < 1.29 is 14.3 Å². The molecule has 0 aromatic heterocycles. The Kier molecular flexibility index (Phi) is 6.67. The van der Waals surface area contributed by atoms with Gasteiger partial charge >= 0.3 is 5.97 Å². The van der Waals surface area contributed by atoms with E-state index in [4.69, 9.17) is 27.9 Å². The number of esters is 1. The van der Waals surface area contributed by atoms with Gasteiger partial charge in [0.2, 0.25) is 0 Å². The average molecular weight is 304 g/mol. The first-order valence-corrected chi connectivity index (χ1v) is 6.69. The Balaban J connectivity index is 2.37. The highest BCUT2D eigenvalue weighted by Crippen LogP contribution is 2.20. The van der Waals surface area contributed by atoms with Crippen LogP contribution in [0.1, 0.15) is 30.1 Å². The van der Waals surface area contributed by atoms with Gasteiger partial charge in [-0.3, -0.25) is 9.59 Å². The third-order valence-electron chi connectivity index (χ3n) is 2.32. The molecule has 0 unspecified atom stereocenters. The van der Waals surface area contributed by atoms with Gasteiger partial charge in [0, 0.05) is 18.0 Å². The maximum absolute atomic E-state index is 11.8. The van der Waals surface area contributed by atoms with Crippen molar-refractivity contribution in [1.29, 1.82) is 0 Å². The van der Waals surface area contributed by atoms with Gasteiger partial charge < -0.3 is 10.1 Å². The van der Waals surface area contributed by atoms with Crippen molar-refractivity contribution in [2.45, 2.75) is 19.8 Å². The minimum absolute atomic E-state index is 0.263. The minimum atomic E-state index is -0.287. The van der Waals surface area contributed by atoms with Crippen LogP contribution in [0.5, 0.6) is 0 Å². The van der Waals surface area contributed by atoms with Crippen molar-refractivity contribution in [1.82, 2.24) is 5.32 Å². The Labute approximate surface area is 122 Å². The Hall–Kier alpha value is -1.26. The molecule has 0 aliphatic carbocycles. The van der Waals surface area contributed by atoms with Crippen molar-refractivity contribution in [3.8, 4) is 0 Å². The summed E-state index contributed by atoms with van der Waals surface area (Å²) in [4.78, 5) is 22.9. The number of rotatable bonds is 6. The Morgan fingerprint density at radius 3 is 2.68 bits per heavy atom. The second-order valence-electron chi connectivity index (χ2n) is 3.79. The number of hydrogen-bond donors (Lipinski definition) is 1. The van der Waals surface area contributed by atoms with Gasteiger partial charge in [0.1, 0.15) is 0 Å². The molecule has 1 N–H and O–H groups in total. The van der Waals surface area contributed by atoms with Crippen LogP contribution in [0.25, 0.3) is 0 Å². The second-order valence-corrected chi connectivity index (χ2v) is 4.63. The van der Waals surface area contributed by atoms with E-state index in [2.05, 4.69) is 5.32 Å². The zero-order chi connectivity index (χ0) is 14.3. The third-order valence-corrected chi connectivity index (χ3v) is 2.87. The smallest absolute Gasteiger partial charge is 0.305 e. The number of carbonyl (C=O) groups excluding carboxylic acids is 2. The molecular weight excluding hydrogens is 289 g/mol. The maximum atomic E-state index is 11.8. The number of carbonyl (C=O) groups is 2. The Morgan fingerprint density at radius 2 is 2.05 bits per heavy atom. The van der Waals surface area contributed by atoms with Crippen LogP contribution >= 0.6 is 23.2 Å². The molecule has 0 spiro atoms. The lowest BCUT2D eigenvalue weighted by Crippen LogP contribution is -2.25. The van der Waals surface area contributed by atoms with Gasteiger partial charge in [-0.15, -0.1) is 0 Å². The summed E-state index contributed by atoms with van der Waals surface area (Å²) in [5, 5.41) is 3.46. The standard InChI is InChI=1S/C13H15Cl2NO3/c1-2-19-12(17)4-3-7-16-13(18)10-6-5-9(14)8-11(10)15/h5-6,8H,2-4,7H2,1H3,(H,16,18). The summed E-state index contributed by atoms with van der Waals surface area (Å²) >= 11 is 11.7. The molecule has 6 heteroatoms. The highest BCUT2D eigenvalue weighted by molar-refractivity contribution is 6.36. The van der Waals surface area contributed by atoms with Crippen molar-refractivity contribution >= 4 is 35.1 Å². The molecule has 1 rings (SSSR count). The van der Waals surface area contributed by atoms with E-state index in [0.717, 1.165) is 0 Å². The molecule has 0 saturated heterocycles. The lowest BCUT2D eigenvalue weighted by atomic mass is 10.2. The van der Waals surface area contributed by atoms with Crippen molar-refractivity contribution in [2.24, 2.45) is 0 Å². The molecule has 19 heavy (non-hydrogen) atoms. The lowest BCUT2D eigenvalue weighted by Gasteiger charge is -2.07. The van der Waals surface area contributed by atoms with Crippen LogP contribution in [0.4, 0.5) is 0 Å². The van der Waals surface area contributed by atoms with E-state index >= 15 is 0 Å². The quantitative estimate of drug-likeness (QED) is 0.649. The van der Waals surface area contributed by atoms with Crippen LogP contribution in [-0.2, 0) is 9.53 Å². The predicted octanol–water partition coefficient (Wildman–Crippen LogP) is 3.07. The molecule has 0 radical (unpaired) electrons. The number of amides is 1. The molecule has 0 bridgehead atoms. The Morgan fingerprint density at radius 1 is 1.32 bits per heavy atom. The SMILES string of the molecule is CCOC(=O)CCCNC(=O)c1ccc(Cl)cc1Cl. The van der Waals surface area contributed by atoms with Gasteiger partial charge in [-0.2, -0.15) is 0 Å². The summed E-state index contributed by atoms with van der Waals surface area (Å²) in [6.07, 6.45) is 0.804. The fraction of sp³-hybridized carbons (Fsp3) is 0.385. The highest BCUT2D eigenvalue weighted by Gasteiger charge is 2.10. The first-order chi connectivity index (χ1) is 9.04. The molecule has 0 aliphatic rings. The molecular formula is C13H15Cl2NO3. The van der Waals surface area contributed by atoms with E-state index in [0.29, 0.717) is 35.2 Å². The summed E-state index contributed by atoms with van der Waals surface area (Å²) in [6, 6.07) is 4.67. The number of hydrogen-bond acceptors (Lipinski definition) is 3. The summed E-state index contributed by atoms with van der Waals surface area (Å²) in [5.41, 5.74) is 0.363. The number of benzene rings is 1. The summed E-state index contributed by atoms with van der Waals surface area (Å²) in [5.74, 6) is -0.549. The van der Waals surface area contributed by atoms with E-state index in [1.165, 1.54) is 6.07 Å². The predicted molar refractivity (Wildman–Crippen MR) is 74.7 cm³/mol. The van der Waals surface area contributed by atoms with E-state index in [9.17, 15) is 9.59 Å². The minimum Gasteiger partial charge on any atom is -0.466 e. The molecule has 4 nitrogen and oxygen atoms in total. The zero-order valence-electron chi connectivity index (χ0n) is 10.5. The van der Waals surface area contributed by atoms with Gasteiger partial charge in [0.15, 0.2) is 0 Å². The summed E-state index contributed by atoms with van der Waals surface area (Å²) in [7, 11) is 0. The Bertz CT molecular complexity index is 463. The van der Waals surface area contributed by atoms with E-state index < -0.39 is 0 Å². The first-order valence-electron chi connectivity index (χ1n) is 5.93. The molecule has 0 heterocycles. The second kappa shape index (κ2) is 8.02. The van der Waals surface area contributed by atoms with Crippen LogP contribution in [0.2, 0.25) is 10.0 Å². The van der Waals surface area contributed by atoms with Crippen LogP contribution in [0.3, 0.4) is 0 Å². The molecule has 0 atom stereocenters. The molecule has 0 aliphatic heterocycles. The normalized spacial score (nSPS) is 10.1. The third kappa shape index (κ3) is 5.49. The van der Waals surface area contributed by atoms with Gasteiger partial charge in [0.05, 0.1) is 17.2 Å². The monoisotopic (exact) mass is 303 g/mol. The van der Waals surface area contributed by atoms with Gasteiger partial charge in [-0.05, 0) is 31.5 Å². The molecule has 1 aromatic rings. The molecule has 1 aromatic carbocycles. The molecule has 1 amide bonds. The highest BCUT2D eigenvalue weighted by atomic mass is 35.5. The van der Waals surface area contributed by atoms with Gasteiger partial charge in [-0.1, -0.05) is 23.2 Å². The largest absolute Gasteiger partial charge is 0.466 e. The van der Waals surface area contributed by atoms with Gasteiger partial charge in [0.25, 0.3) is 5.91 Å². The average Bonchev–Trinajstić information content (AvgIpc) is 2.34. The summed E-state index contributed by atoms with van der Waals surface area (Å²) < 4.78 is 4.78. The van der Waals surface area contributed by atoms with Crippen LogP contribution < -0.4 is 5.32 Å². The van der Waals surface area contributed by atoms with E-state index in [1.807, 2.05) is 0 Å². The fourth-order valence-electron chi connectivity index (χ4n) is 1.44. The fourth-order valence-corrected chi connectivity index (χ4v) is 1.93. The maximum Gasteiger partial charge on any atom is 0.305 e. The number of nitrogens with one attached hydrogen (secondary N) is 1. The number of halogens is 2. The van der Waals surface area contributed by atoms with E-state index in [-0.39, 0.29) is 18.3 Å². The van der Waals surface area contributed by atoms with Crippen molar-refractivity contribution in [2.75, 3.05) is 13.2 Å². The zero-order valence-corrected chi connectivity index (χ0v) is 12.1. The first kappa shape index (κ1) is 15.8. The van der Waals surface area contributed by atoms with Crippen LogP contribution in [-0.4, -0.2) is 25.0 Å². The molecule has 0 saturated carbocycles. The van der Waals surface area contributed by atoms with E-state index in [1.54, 1.807) is 19.1 Å². The van der Waals surface area contributed by atoms with Crippen LogP contribution in [0.15, 0.2) is 18.2 Å². The van der Waals surface area contributed by atoms with Gasteiger partial charge in [-0.25, -0.2) is 0 Å². The topological polar surface area (TPSA) is 55.4 Å². The summed E-state index contributed by atoms with van der Waals surface area (Å²) in [6.45, 7) is 2.50. The molecule has 0 fully saturated rings. The van der Waals surface area contributed by atoms with Crippen LogP contribution in [0, 0.1) is 0 Å².